The summed E-state index contributed by atoms with van der Waals surface area (Å²) in [5.74, 6) is 2.61. The minimum Gasteiger partial charge on any atom is -0.497 e. The number of nitrogens with zero attached hydrogens (tertiary/aromatic N) is 3. The summed E-state index contributed by atoms with van der Waals surface area (Å²) < 4.78 is 7.43. The first kappa shape index (κ1) is 11.5. The van der Waals surface area contributed by atoms with E-state index in [1.165, 1.54) is 25.2 Å². The Labute approximate surface area is 107 Å². The molecular formula is C14H19N3O. The number of hydrogen-bond donors (Lipinski definition) is 0. The number of rotatable bonds is 2. The normalized spacial score (nSPS) is 21.3. The molecule has 1 unspecified atom stereocenters. The molecule has 1 aliphatic heterocycles. The third kappa shape index (κ3) is 1.97. The molecule has 0 saturated carbocycles. The molecule has 3 rings (SSSR count). The van der Waals surface area contributed by atoms with Gasteiger partial charge >= 0.3 is 0 Å². The molecule has 1 aliphatic rings. The van der Waals surface area contributed by atoms with Crippen LogP contribution in [0.25, 0.3) is 5.52 Å². The number of ether oxygens (including phenoxy) is 1. The predicted molar refractivity (Wildman–Crippen MR) is 71.2 cm³/mol. The molecule has 0 radical (unpaired) electrons. The highest BCUT2D eigenvalue weighted by atomic mass is 16.5. The second kappa shape index (κ2) is 4.61. The molecule has 3 heterocycles. The fourth-order valence-corrected chi connectivity index (χ4v) is 2.81. The summed E-state index contributed by atoms with van der Waals surface area (Å²) in [5, 5.41) is 0. The average Bonchev–Trinajstić information content (AvgIpc) is 2.81. The largest absolute Gasteiger partial charge is 0.497 e. The van der Waals surface area contributed by atoms with Crippen LogP contribution in [0.5, 0.6) is 5.75 Å². The molecule has 1 saturated heterocycles. The number of hydrogen-bond acceptors (Lipinski definition) is 3. The lowest BCUT2D eigenvalue weighted by Crippen LogP contribution is -2.31. The molecule has 1 atom stereocenters. The van der Waals surface area contributed by atoms with E-state index in [-0.39, 0.29) is 0 Å². The van der Waals surface area contributed by atoms with E-state index in [1.807, 2.05) is 18.3 Å². The molecule has 0 N–H and O–H groups in total. The molecule has 0 spiro atoms. The lowest BCUT2D eigenvalue weighted by Gasteiger charge is -2.28. The highest BCUT2D eigenvalue weighted by Crippen LogP contribution is 2.27. The summed E-state index contributed by atoms with van der Waals surface area (Å²) in [4.78, 5) is 7.00. The molecule has 2 aromatic rings. The minimum atomic E-state index is 0.541. The summed E-state index contributed by atoms with van der Waals surface area (Å²) in [6.45, 7) is 2.30. The standard InChI is InChI=1S/C14H19N3O/c1-16-6-3-4-11(10-16)14-15-9-12-8-13(18-2)5-7-17(12)14/h5,7-9,11H,3-4,6,10H2,1-2H3. The zero-order valence-electron chi connectivity index (χ0n) is 11.0. The molecule has 18 heavy (non-hydrogen) atoms. The summed E-state index contributed by atoms with van der Waals surface area (Å²) >= 11 is 0. The highest BCUT2D eigenvalue weighted by molar-refractivity contribution is 5.50. The number of likely N-dealkylation sites (tertiary alicyclic amines) is 1. The molecule has 0 aromatic carbocycles. The van der Waals surface area contributed by atoms with Gasteiger partial charge < -0.3 is 14.0 Å². The number of imidazole rings is 1. The van der Waals surface area contributed by atoms with Gasteiger partial charge in [-0.2, -0.15) is 0 Å². The third-order valence-electron chi connectivity index (χ3n) is 3.76. The van der Waals surface area contributed by atoms with Crippen LogP contribution in [0.15, 0.2) is 24.5 Å². The van der Waals surface area contributed by atoms with Gasteiger partial charge in [0.2, 0.25) is 0 Å². The van der Waals surface area contributed by atoms with Crippen LogP contribution in [0.4, 0.5) is 0 Å². The predicted octanol–water partition coefficient (Wildman–Crippen LogP) is 2.15. The summed E-state index contributed by atoms with van der Waals surface area (Å²) in [6, 6.07) is 4.02. The number of methoxy groups -OCH3 is 1. The molecule has 4 nitrogen and oxygen atoms in total. The zero-order chi connectivity index (χ0) is 12.5. The molecule has 0 amide bonds. The van der Waals surface area contributed by atoms with E-state index < -0.39 is 0 Å². The van der Waals surface area contributed by atoms with Crippen LogP contribution in [0.3, 0.4) is 0 Å². The van der Waals surface area contributed by atoms with Gasteiger partial charge in [0.25, 0.3) is 0 Å². The average molecular weight is 245 g/mol. The molecule has 2 aromatic heterocycles. The number of likely N-dealkylation sites (N-methyl/N-ethyl adjacent to an activating group) is 1. The molecule has 1 fully saturated rings. The van der Waals surface area contributed by atoms with E-state index in [1.54, 1.807) is 7.11 Å². The van der Waals surface area contributed by atoms with Gasteiger partial charge in [-0.15, -0.1) is 0 Å². The van der Waals surface area contributed by atoms with Crippen molar-refractivity contribution in [2.75, 3.05) is 27.2 Å². The maximum absolute atomic E-state index is 5.24. The first-order valence-corrected chi connectivity index (χ1v) is 6.47. The Kier molecular flexibility index (Phi) is 2.96. The lowest BCUT2D eigenvalue weighted by atomic mass is 9.98. The van der Waals surface area contributed by atoms with Crippen molar-refractivity contribution in [3.8, 4) is 5.75 Å². The van der Waals surface area contributed by atoms with Gasteiger partial charge in [0.1, 0.15) is 11.6 Å². The van der Waals surface area contributed by atoms with Crippen LogP contribution in [0.1, 0.15) is 24.6 Å². The fourth-order valence-electron chi connectivity index (χ4n) is 2.81. The summed E-state index contributed by atoms with van der Waals surface area (Å²) in [7, 11) is 3.88. The van der Waals surface area contributed by atoms with Gasteiger partial charge in [0, 0.05) is 24.7 Å². The van der Waals surface area contributed by atoms with Crippen LogP contribution in [-0.2, 0) is 0 Å². The van der Waals surface area contributed by atoms with Gasteiger partial charge in [0.05, 0.1) is 18.8 Å². The molecular weight excluding hydrogens is 226 g/mol. The van der Waals surface area contributed by atoms with E-state index in [0.717, 1.165) is 17.8 Å². The minimum absolute atomic E-state index is 0.541. The van der Waals surface area contributed by atoms with E-state index in [0.29, 0.717) is 5.92 Å². The van der Waals surface area contributed by atoms with E-state index in [9.17, 15) is 0 Å². The molecule has 96 valence electrons. The summed E-state index contributed by atoms with van der Waals surface area (Å²) in [5.41, 5.74) is 1.11. The summed E-state index contributed by atoms with van der Waals surface area (Å²) in [6.07, 6.45) is 6.49. The van der Waals surface area contributed by atoms with E-state index >= 15 is 0 Å². The van der Waals surface area contributed by atoms with Gasteiger partial charge in [-0.3, -0.25) is 0 Å². The van der Waals surface area contributed by atoms with Crippen molar-refractivity contribution in [3.05, 3.63) is 30.4 Å². The number of pyridine rings is 1. The van der Waals surface area contributed by atoms with Crippen molar-refractivity contribution in [2.45, 2.75) is 18.8 Å². The van der Waals surface area contributed by atoms with Crippen LogP contribution in [-0.4, -0.2) is 41.5 Å². The highest BCUT2D eigenvalue weighted by Gasteiger charge is 2.22. The van der Waals surface area contributed by atoms with E-state index in [4.69, 9.17) is 4.74 Å². The fraction of sp³-hybridized carbons (Fsp3) is 0.500. The molecule has 0 bridgehead atoms. The van der Waals surface area contributed by atoms with Crippen molar-refractivity contribution >= 4 is 5.52 Å². The van der Waals surface area contributed by atoms with Gasteiger partial charge in [-0.05, 0) is 32.5 Å². The first-order valence-electron chi connectivity index (χ1n) is 6.47. The number of piperidine rings is 1. The molecule has 4 heteroatoms. The maximum atomic E-state index is 5.24. The van der Waals surface area contributed by atoms with Gasteiger partial charge in [-0.25, -0.2) is 4.98 Å². The Morgan fingerprint density at radius 3 is 3.11 bits per heavy atom. The van der Waals surface area contributed by atoms with Crippen LogP contribution < -0.4 is 4.74 Å². The zero-order valence-corrected chi connectivity index (χ0v) is 11.0. The van der Waals surface area contributed by atoms with Gasteiger partial charge in [0.15, 0.2) is 0 Å². The van der Waals surface area contributed by atoms with Crippen molar-refractivity contribution in [1.82, 2.24) is 14.3 Å². The smallest absolute Gasteiger partial charge is 0.122 e. The Hall–Kier alpha value is -1.55. The van der Waals surface area contributed by atoms with Crippen molar-refractivity contribution in [1.29, 1.82) is 0 Å². The third-order valence-corrected chi connectivity index (χ3v) is 3.76. The number of aromatic nitrogens is 2. The van der Waals surface area contributed by atoms with E-state index in [2.05, 4.69) is 27.5 Å². The Bertz CT molecular complexity index is 549. The second-order valence-corrected chi connectivity index (χ2v) is 5.08. The molecule has 0 aliphatic carbocycles. The van der Waals surface area contributed by atoms with Crippen molar-refractivity contribution < 1.29 is 4.74 Å². The number of fused-ring (bicyclic) bond motifs is 1. The maximum Gasteiger partial charge on any atom is 0.122 e. The Morgan fingerprint density at radius 1 is 1.44 bits per heavy atom. The van der Waals surface area contributed by atoms with Crippen LogP contribution in [0, 0.1) is 0 Å². The second-order valence-electron chi connectivity index (χ2n) is 5.08. The van der Waals surface area contributed by atoms with Crippen molar-refractivity contribution in [3.63, 3.8) is 0 Å². The Morgan fingerprint density at radius 2 is 2.33 bits per heavy atom. The monoisotopic (exact) mass is 245 g/mol. The lowest BCUT2D eigenvalue weighted by molar-refractivity contribution is 0.245. The van der Waals surface area contributed by atoms with Crippen LogP contribution >= 0.6 is 0 Å². The SMILES string of the molecule is COc1ccn2c(C3CCCN(C)C3)ncc2c1. The van der Waals surface area contributed by atoms with Gasteiger partial charge in [-0.1, -0.05) is 0 Å². The Balaban J connectivity index is 1.97. The van der Waals surface area contributed by atoms with Crippen molar-refractivity contribution in [2.24, 2.45) is 0 Å². The quantitative estimate of drug-likeness (QED) is 0.812. The first-order chi connectivity index (χ1) is 8.78. The van der Waals surface area contributed by atoms with Crippen LogP contribution in [0.2, 0.25) is 0 Å². The topological polar surface area (TPSA) is 29.8 Å².